The van der Waals surface area contributed by atoms with Gasteiger partial charge in [-0.1, -0.05) is 36.4 Å². The van der Waals surface area contributed by atoms with Gasteiger partial charge < -0.3 is 10.1 Å². The molecule has 0 aromatic heterocycles. The number of rotatable bonds is 7. The van der Waals surface area contributed by atoms with Crippen LogP contribution in [0, 0.1) is 5.82 Å². The molecule has 0 spiro atoms. The third-order valence-corrected chi connectivity index (χ3v) is 4.71. The van der Waals surface area contributed by atoms with Gasteiger partial charge >= 0.3 is 0 Å². The smallest absolute Gasteiger partial charge is 0.271 e. The monoisotopic (exact) mass is 453 g/mol. The SMILES string of the molecule is O=C(N/N=C/c1cccc(Oc2ccccc2)c1)c1cccc(NC(=O)c2ccc(F)cc2)c1. The Kier molecular flexibility index (Phi) is 7.05. The van der Waals surface area contributed by atoms with E-state index in [2.05, 4.69) is 15.8 Å². The predicted molar refractivity (Wildman–Crippen MR) is 129 cm³/mol. The second kappa shape index (κ2) is 10.7. The van der Waals surface area contributed by atoms with Gasteiger partial charge in [0.2, 0.25) is 0 Å². The standard InChI is InChI=1S/C27H20FN3O3/c28-22-14-12-20(13-15-22)26(32)30-23-8-5-7-21(17-23)27(33)31-29-18-19-6-4-11-25(16-19)34-24-9-2-1-3-10-24/h1-18H,(H,30,32)(H,31,33)/b29-18+. The Hall–Kier alpha value is -4.78. The molecular formula is C27H20FN3O3. The van der Waals surface area contributed by atoms with Crippen molar-refractivity contribution in [1.29, 1.82) is 0 Å². The van der Waals surface area contributed by atoms with Gasteiger partial charge in [-0.25, -0.2) is 9.82 Å². The molecule has 7 heteroatoms. The van der Waals surface area contributed by atoms with Crippen molar-refractivity contribution in [2.45, 2.75) is 0 Å². The van der Waals surface area contributed by atoms with Crippen LogP contribution in [-0.4, -0.2) is 18.0 Å². The van der Waals surface area contributed by atoms with Crippen LogP contribution in [0.2, 0.25) is 0 Å². The lowest BCUT2D eigenvalue weighted by Crippen LogP contribution is -2.18. The molecule has 0 aliphatic rings. The topological polar surface area (TPSA) is 79.8 Å². The summed E-state index contributed by atoms with van der Waals surface area (Å²) in [5, 5.41) is 6.70. The number of para-hydroxylation sites is 1. The number of carbonyl (C=O) groups is 2. The first-order valence-electron chi connectivity index (χ1n) is 10.4. The van der Waals surface area contributed by atoms with Crippen LogP contribution in [0.25, 0.3) is 0 Å². The highest BCUT2D eigenvalue weighted by Gasteiger charge is 2.09. The van der Waals surface area contributed by atoms with Crippen molar-refractivity contribution >= 4 is 23.7 Å². The zero-order valence-corrected chi connectivity index (χ0v) is 17.9. The summed E-state index contributed by atoms with van der Waals surface area (Å²) in [6, 6.07) is 28.3. The normalized spacial score (nSPS) is 10.6. The number of halogens is 1. The molecular weight excluding hydrogens is 433 g/mol. The molecule has 6 nitrogen and oxygen atoms in total. The molecule has 0 aliphatic carbocycles. The van der Waals surface area contributed by atoms with Crippen LogP contribution in [0.4, 0.5) is 10.1 Å². The van der Waals surface area contributed by atoms with Crippen LogP contribution >= 0.6 is 0 Å². The summed E-state index contributed by atoms with van der Waals surface area (Å²) in [7, 11) is 0. The lowest BCUT2D eigenvalue weighted by molar-refractivity contribution is 0.0953. The van der Waals surface area contributed by atoms with Crippen LogP contribution in [0.1, 0.15) is 26.3 Å². The zero-order chi connectivity index (χ0) is 23.8. The molecule has 4 rings (SSSR count). The van der Waals surface area contributed by atoms with Gasteiger partial charge in [0.15, 0.2) is 0 Å². The summed E-state index contributed by atoms with van der Waals surface area (Å²) in [4.78, 5) is 24.8. The van der Waals surface area contributed by atoms with Crippen molar-refractivity contribution in [3.8, 4) is 11.5 Å². The van der Waals surface area contributed by atoms with E-state index in [1.807, 2.05) is 48.5 Å². The van der Waals surface area contributed by atoms with E-state index in [4.69, 9.17) is 4.74 Å². The van der Waals surface area contributed by atoms with Gasteiger partial charge in [-0.15, -0.1) is 0 Å². The molecule has 4 aromatic carbocycles. The van der Waals surface area contributed by atoms with E-state index in [9.17, 15) is 14.0 Å². The number of hydrogen-bond donors (Lipinski definition) is 2. The van der Waals surface area contributed by atoms with E-state index >= 15 is 0 Å². The third kappa shape index (κ3) is 6.14. The summed E-state index contributed by atoms with van der Waals surface area (Å²) in [5.41, 5.74) is 4.26. The number of hydrogen-bond acceptors (Lipinski definition) is 4. The average Bonchev–Trinajstić information content (AvgIpc) is 2.85. The second-order valence-corrected chi connectivity index (χ2v) is 7.23. The zero-order valence-electron chi connectivity index (χ0n) is 17.9. The van der Waals surface area contributed by atoms with Crippen LogP contribution in [0.15, 0.2) is 108 Å². The summed E-state index contributed by atoms with van der Waals surface area (Å²) >= 11 is 0. The Bertz CT molecular complexity index is 1320. The first-order chi connectivity index (χ1) is 16.6. The fourth-order valence-electron chi connectivity index (χ4n) is 3.06. The second-order valence-electron chi connectivity index (χ2n) is 7.23. The Labute approximate surface area is 195 Å². The van der Waals surface area contributed by atoms with Gasteiger partial charge in [-0.2, -0.15) is 5.10 Å². The highest BCUT2D eigenvalue weighted by Crippen LogP contribution is 2.21. The average molecular weight is 453 g/mol. The van der Waals surface area contributed by atoms with Crippen LogP contribution < -0.4 is 15.5 Å². The van der Waals surface area contributed by atoms with Gasteiger partial charge in [0.05, 0.1) is 6.21 Å². The molecule has 0 saturated heterocycles. The van der Waals surface area contributed by atoms with Crippen molar-refractivity contribution in [2.24, 2.45) is 5.10 Å². The first kappa shape index (κ1) is 22.4. The summed E-state index contributed by atoms with van der Waals surface area (Å²) in [6.45, 7) is 0. The van der Waals surface area contributed by atoms with E-state index in [1.54, 1.807) is 24.3 Å². The molecule has 2 amide bonds. The van der Waals surface area contributed by atoms with Gasteiger partial charge in [-0.3, -0.25) is 9.59 Å². The van der Waals surface area contributed by atoms with E-state index in [0.29, 0.717) is 22.6 Å². The van der Waals surface area contributed by atoms with Gasteiger partial charge in [0, 0.05) is 16.8 Å². The van der Waals surface area contributed by atoms with E-state index < -0.39 is 17.6 Å². The molecule has 0 heterocycles. The molecule has 0 radical (unpaired) electrons. The lowest BCUT2D eigenvalue weighted by atomic mass is 10.1. The molecule has 0 bridgehead atoms. The Morgan fingerprint density at radius 2 is 1.47 bits per heavy atom. The number of benzene rings is 4. The molecule has 4 aromatic rings. The largest absolute Gasteiger partial charge is 0.457 e. The minimum Gasteiger partial charge on any atom is -0.457 e. The number of nitrogens with one attached hydrogen (secondary N) is 2. The van der Waals surface area contributed by atoms with Crippen LogP contribution in [0.5, 0.6) is 11.5 Å². The summed E-state index contributed by atoms with van der Waals surface area (Å²) < 4.78 is 18.8. The van der Waals surface area contributed by atoms with Gasteiger partial charge in [0.1, 0.15) is 17.3 Å². The number of amides is 2. The molecule has 2 N–H and O–H groups in total. The van der Waals surface area contributed by atoms with Crippen molar-refractivity contribution in [3.05, 3.63) is 126 Å². The minimum atomic E-state index is -0.439. The molecule has 0 aliphatic heterocycles. The molecule has 0 atom stereocenters. The Morgan fingerprint density at radius 1 is 0.735 bits per heavy atom. The van der Waals surface area contributed by atoms with Crippen LogP contribution in [-0.2, 0) is 0 Å². The fourth-order valence-corrected chi connectivity index (χ4v) is 3.06. The van der Waals surface area contributed by atoms with Crippen molar-refractivity contribution < 1.29 is 18.7 Å². The third-order valence-electron chi connectivity index (χ3n) is 4.71. The quantitative estimate of drug-likeness (QED) is 0.281. The molecule has 0 unspecified atom stereocenters. The van der Waals surface area contributed by atoms with Crippen molar-refractivity contribution in [3.63, 3.8) is 0 Å². The number of hydrazone groups is 1. The number of ether oxygens (including phenoxy) is 1. The molecule has 0 fully saturated rings. The number of anilines is 1. The van der Waals surface area contributed by atoms with E-state index in [-0.39, 0.29) is 0 Å². The van der Waals surface area contributed by atoms with Crippen molar-refractivity contribution in [1.82, 2.24) is 5.43 Å². The van der Waals surface area contributed by atoms with Gasteiger partial charge in [0.25, 0.3) is 11.8 Å². The van der Waals surface area contributed by atoms with Crippen molar-refractivity contribution in [2.75, 3.05) is 5.32 Å². The summed E-state index contributed by atoms with van der Waals surface area (Å²) in [6.07, 6.45) is 1.51. The number of carbonyl (C=O) groups excluding carboxylic acids is 2. The first-order valence-corrected chi connectivity index (χ1v) is 10.4. The highest BCUT2D eigenvalue weighted by atomic mass is 19.1. The Balaban J connectivity index is 1.36. The Morgan fingerprint density at radius 3 is 2.26 bits per heavy atom. The molecule has 0 saturated carbocycles. The summed E-state index contributed by atoms with van der Waals surface area (Å²) in [5.74, 6) is 0.0904. The lowest BCUT2D eigenvalue weighted by Gasteiger charge is -2.07. The predicted octanol–water partition coefficient (Wildman–Crippen LogP) is 5.63. The maximum Gasteiger partial charge on any atom is 0.271 e. The van der Waals surface area contributed by atoms with E-state index in [1.165, 1.54) is 36.5 Å². The van der Waals surface area contributed by atoms with Gasteiger partial charge in [-0.05, 0) is 72.3 Å². The molecule has 34 heavy (non-hydrogen) atoms. The maximum absolute atomic E-state index is 13.0. The fraction of sp³-hybridized carbons (Fsp3) is 0. The number of nitrogens with zero attached hydrogens (tertiary/aromatic N) is 1. The van der Waals surface area contributed by atoms with E-state index in [0.717, 1.165) is 11.3 Å². The maximum atomic E-state index is 13.0. The minimum absolute atomic E-state index is 0.305. The van der Waals surface area contributed by atoms with Crippen LogP contribution in [0.3, 0.4) is 0 Å². The molecule has 168 valence electrons. The highest BCUT2D eigenvalue weighted by molar-refractivity contribution is 6.05.